The largest absolute Gasteiger partial charge is 0.481 e. The maximum atomic E-state index is 13.2. The van der Waals surface area contributed by atoms with Gasteiger partial charge < -0.3 is 37.6 Å². The molecule has 210 valence electrons. The van der Waals surface area contributed by atoms with E-state index in [2.05, 4.69) is 16.0 Å². The lowest BCUT2D eigenvalue weighted by Gasteiger charge is -2.25. The number of aliphatic carboxylic acids is 2. The summed E-state index contributed by atoms with van der Waals surface area (Å²) in [6.07, 6.45) is -0.839. The molecule has 0 spiro atoms. The minimum absolute atomic E-state index is 0.0132. The first-order valence-corrected chi connectivity index (χ1v) is 12.2. The number of primary amides is 1. The van der Waals surface area contributed by atoms with E-state index in [0.29, 0.717) is 5.56 Å². The summed E-state index contributed by atoms with van der Waals surface area (Å²) in [6, 6.07) is 3.70. The smallest absolute Gasteiger partial charge is 0.326 e. The van der Waals surface area contributed by atoms with Gasteiger partial charge in [0.15, 0.2) is 0 Å². The van der Waals surface area contributed by atoms with E-state index in [1.807, 2.05) is 0 Å². The first-order chi connectivity index (χ1) is 17.8. The molecule has 4 amide bonds. The zero-order valence-corrected chi connectivity index (χ0v) is 21.5. The molecular formula is C25H37N5O8. The highest BCUT2D eigenvalue weighted by atomic mass is 16.4. The molecule has 1 aromatic rings. The van der Waals surface area contributed by atoms with Gasteiger partial charge in [0.2, 0.25) is 23.6 Å². The van der Waals surface area contributed by atoms with Gasteiger partial charge in [0, 0.05) is 19.3 Å². The Labute approximate surface area is 220 Å². The number of hydrogen-bond acceptors (Lipinski definition) is 7. The summed E-state index contributed by atoms with van der Waals surface area (Å²) >= 11 is 0. The van der Waals surface area contributed by atoms with Gasteiger partial charge in [-0.2, -0.15) is 0 Å². The van der Waals surface area contributed by atoms with Crippen LogP contribution in [0.3, 0.4) is 0 Å². The lowest BCUT2D eigenvalue weighted by molar-refractivity contribution is -0.143. The Kier molecular flexibility index (Phi) is 13.5. The Hall–Kier alpha value is -4.00. The average molecular weight is 536 g/mol. The van der Waals surface area contributed by atoms with Gasteiger partial charge in [-0.15, -0.1) is 0 Å². The summed E-state index contributed by atoms with van der Waals surface area (Å²) in [6.45, 7) is 3.55. The van der Waals surface area contributed by atoms with Gasteiger partial charge >= 0.3 is 11.9 Å². The first kappa shape index (κ1) is 32.0. The third kappa shape index (κ3) is 12.3. The van der Waals surface area contributed by atoms with Crippen molar-refractivity contribution in [2.24, 2.45) is 17.4 Å². The van der Waals surface area contributed by atoms with Crippen molar-refractivity contribution in [1.82, 2.24) is 16.0 Å². The van der Waals surface area contributed by atoms with Crippen LogP contribution < -0.4 is 27.4 Å². The molecule has 0 saturated heterocycles. The number of benzene rings is 1. The molecule has 0 aliphatic carbocycles. The van der Waals surface area contributed by atoms with E-state index in [9.17, 15) is 33.9 Å². The molecular weight excluding hydrogens is 498 g/mol. The topological polar surface area (TPSA) is 231 Å². The summed E-state index contributed by atoms with van der Waals surface area (Å²) < 4.78 is 0. The Morgan fingerprint density at radius 1 is 0.789 bits per heavy atom. The first-order valence-electron chi connectivity index (χ1n) is 12.2. The molecule has 4 atom stereocenters. The molecule has 0 heterocycles. The van der Waals surface area contributed by atoms with Crippen molar-refractivity contribution in [2.75, 3.05) is 0 Å². The van der Waals surface area contributed by atoms with Crippen LogP contribution in [0.15, 0.2) is 30.3 Å². The predicted molar refractivity (Wildman–Crippen MR) is 136 cm³/mol. The third-order valence-electron chi connectivity index (χ3n) is 5.56. The van der Waals surface area contributed by atoms with Gasteiger partial charge in [-0.3, -0.25) is 24.0 Å². The summed E-state index contributed by atoms with van der Waals surface area (Å²) in [5, 5.41) is 25.9. The van der Waals surface area contributed by atoms with Crippen LogP contribution in [0.2, 0.25) is 0 Å². The third-order valence-corrected chi connectivity index (χ3v) is 5.56. The highest BCUT2D eigenvalue weighted by molar-refractivity contribution is 5.94. The molecule has 0 aliphatic rings. The number of carbonyl (C=O) groups excluding carboxylic acids is 4. The molecule has 0 fully saturated rings. The Bertz CT molecular complexity index is 985. The standard InChI is InChI=1S/C25H37N5O8/c1-14(2)12-19(25(37)38)30-23(35)17(9-11-21(32)33)28-24(36)18(13-15-6-4-3-5-7-15)29-22(34)16(26)8-10-20(27)31/h3-7,14,16-19H,8-13,26H2,1-2H3,(H2,27,31)(H,28,36)(H,29,34)(H,30,35)(H,32,33)(H,37,38). The van der Waals surface area contributed by atoms with Crippen molar-refractivity contribution in [1.29, 1.82) is 0 Å². The molecule has 0 saturated carbocycles. The van der Waals surface area contributed by atoms with Crippen LogP contribution in [0.1, 0.15) is 51.5 Å². The van der Waals surface area contributed by atoms with Gasteiger partial charge in [0.25, 0.3) is 0 Å². The van der Waals surface area contributed by atoms with E-state index in [4.69, 9.17) is 16.6 Å². The van der Waals surface area contributed by atoms with Crippen molar-refractivity contribution in [3.05, 3.63) is 35.9 Å². The number of carboxylic acid groups (broad SMARTS) is 2. The molecule has 13 heteroatoms. The number of rotatable bonds is 17. The number of nitrogens with two attached hydrogens (primary N) is 2. The fourth-order valence-corrected chi connectivity index (χ4v) is 3.54. The van der Waals surface area contributed by atoms with Crippen molar-refractivity contribution in [3.8, 4) is 0 Å². The van der Waals surface area contributed by atoms with Crippen LogP contribution in [-0.4, -0.2) is 69.9 Å². The van der Waals surface area contributed by atoms with E-state index in [-0.39, 0.29) is 38.0 Å². The maximum absolute atomic E-state index is 13.2. The fourth-order valence-electron chi connectivity index (χ4n) is 3.54. The van der Waals surface area contributed by atoms with Crippen LogP contribution in [0, 0.1) is 5.92 Å². The van der Waals surface area contributed by atoms with Crippen LogP contribution in [0.25, 0.3) is 0 Å². The van der Waals surface area contributed by atoms with Gasteiger partial charge in [-0.1, -0.05) is 44.2 Å². The minimum atomic E-state index is -1.38. The van der Waals surface area contributed by atoms with E-state index >= 15 is 0 Å². The number of amides is 4. The summed E-state index contributed by atoms with van der Waals surface area (Å²) in [7, 11) is 0. The molecule has 9 N–H and O–H groups in total. The van der Waals surface area contributed by atoms with Crippen LogP contribution in [0.4, 0.5) is 0 Å². The quantitative estimate of drug-likeness (QED) is 0.133. The molecule has 1 aromatic carbocycles. The SMILES string of the molecule is CC(C)CC(NC(=O)C(CCC(=O)O)NC(=O)C(Cc1ccccc1)NC(=O)C(N)CCC(N)=O)C(=O)O. The number of carboxylic acids is 2. The van der Waals surface area contributed by atoms with E-state index < -0.39 is 66.2 Å². The minimum Gasteiger partial charge on any atom is -0.481 e. The van der Waals surface area contributed by atoms with Crippen LogP contribution in [-0.2, 0) is 35.2 Å². The Morgan fingerprint density at radius 2 is 1.34 bits per heavy atom. The highest BCUT2D eigenvalue weighted by Crippen LogP contribution is 2.09. The molecule has 0 bridgehead atoms. The number of carbonyl (C=O) groups is 6. The zero-order valence-electron chi connectivity index (χ0n) is 21.5. The molecule has 0 aliphatic heterocycles. The molecule has 0 aromatic heterocycles. The highest BCUT2D eigenvalue weighted by Gasteiger charge is 2.31. The molecule has 4 unspecified atom stereocenters. The second-order valence-electron chi connectivity index (χ2n) is 9.38. The second-order valence-corrected chi connectivity index (χ2v) is 9.38. The van der Waals surface area contributed by atoms with Gasteiger partial charge in [0.05, 0.1) is 6.04 Å². The van der Waals surface area contributed by atoms with E-state index in [1.165, 1.54) is 0 Å². The summed E-state index contributed by atoms with van der Waals surface area (Å²) in [5.74, 6) is -5.58. The molecule has 38 heavy (non-hydrogen) atoms. The molecule has 1 rings (SSSR count). The van der Waals surface area contributed by atoms with Crippen molar-refractivity contribution in [2.45, 2.75) is 76.5 Å². The summed E-state index contributed by atoms with van der Waals surface area (Å²) in [5.41, 5.74) is 11.6. The van der Waals surface area contributed by atoms with Gasteiger partial charge in [-0.05, 0) is 30.7 Å². The van der Waals surface area contributed by atoms with Crippen molar-refractivity contribution >= 4 is 35.6 Å². The van der Waals surface area contributed by atoms with Gasteiger partial charge in [-0.25, -0.2) is 4.79 Å². The van der Waals surface area contributed by atoms with Crippen molar-refractivity contribution < 1.29 is 39.0 Å². The summed E-state index contributed by atoms with van der Waals surface area (Å²) in [4.78, 5) is 72.6. The normalized spacial score (nSPS) is 14.0. The average Bonchev–Trinajstić information content (AvgIpc) is 2.83. The zero-order chi connectivity index (χ0) is 28.8. The number of nitrogens with one attached hydrogen (secondary N) is 3. The number of hydrogen-bond donors (Lipinski definition) is 7. The monoisotopic (exact) mass is 535 g/mol. The van der Waals surface area contributed by atoms with E-state index in [0.717, 1.165) is 0 Å². The van der Waals surface area contributed by atoms with Crippen molar-refractivity contribution in [3.63, 3.8) is 0 Å². The predicted octanol–water partition coefficient (Wildman–Crippen LogP) is -0.728. The van der Waals surface area contributed by atoms with Gasteiger partial charge in [0.1, 0.15) is 18.1 Å². The molecule has 0 radical (unpaired) electrons. The Morgan fingerprint density at radius 3 is 1.87 bits per heavy atom. The Balaban J connectivity index is 3.12. The second kappa shape index (κ2) is 16.0. The maximum Gasteiger partial charge on any atom is 0.326 e. The van der Waals surface area contributed by atoms with E-state index in [1.54, 1.807) is 44.2 Å². The van der Waals surface area contributed by atoms with Crippen LogP contribution in [0.5, 0.6) is 0 Å². The molecule has 13 nitrogen and oxygen atoms in total. The lowest BCUT2D eigenvalue weighted by atomic mass is 10.0. The lowest BCUT2D eigenvalue weighted by Crippen LogP contribution is -2.57. The fraction of sp³-hybridized carbons (Fsp3) is 0.520. The van der Waals surface area contributed by atoms with Crippen LogP contribution >= 0.6 is 0 Å².